The second kappa shape index (κ2) is 7.39. The molecule has 1 heterocycles. The molecule has 6 nitrogen and oxygen atoms in total. The molecule has 0 bridgehead atoms. The maximum Gasteiger partial charge on any atom is 0.307 e. The Morgan fingerprint density at radius 3 is 2.46 bits per heavy atom. The number of aromatic nitrogens is 1. The largest absolute Gasteiger partial charge is 0.494 e. The van der Waals surface area contributed by atoms with Gasteiger partial charge >= 0.3 is 5.97 Å². The monoisotopic (exact) mass is 355 g/mol. The Morgan fingerprint density at radius 1 is 1.08 bits per heavy atom. The lowest BCUT2D eigenvalue weighted by Gasteiger charge is -2.20. The molecule has 0 spiro atoms. The molecule has 0 aliphatic heterocycles. The van der Waals surface area contributed by atoms with Crippen LogP contribution in [0.25, 0.3) is 10.8 Å². The van der Waals surface area contributed by atoms with Crippen molar-refractivity contribution in [2.24, 2.45) is 0 Å². The Labute approximate surface area is 151 Å². The van der Waals surface area contributed by atoms with Crippen LogP contribution in [0.4, 0.5) is 0 Å². The van der Waals surface area contributed by atoms with Gasteiger partial charge in [0.1, 0.15) is 0 Å². The lowest BCUT2D eigenvalue weighted by molar-refractivity contribution is -0.141. The van der Waals surface area contributed by atoms with Crippen LogP contribution in [-0.4, -0.2) is 37.0 Å². The van der Waals surface area contributed by atoms with E-state index in [-0.39, 0.29) is 18.3 Å². The minimum Gasteiger partial charge on any atom is -0.494 e. The Morgan fingerprint density at radius 2 is 1.81 bits per heavy atom. The fourth-order valence-corrected chi connectivity index (χ4v) is 3.08. The number of esters is 1. The van der Waals surface area contributed by atoms with Crippen LogP contribution in [0, 0.1) is 0 Å². The number of rotatable bonds is 6. The molecule has 26 heavy (non-hydrogen) atoms. The number of carbonyl (C=O) groups excluding carboxylic acids is 1. The van der Waals surface area contributed by atoms with E-state index in [9.17, 15) is 9.90 Å². The van der Waals surface area contributed by atoms with Gasteiger partial charge in [0.2, 0.25) is 0 Å². The van der Waals surface area contributed by atoms with Gasteiger partial charge in [0.05, 0.1) is 33.8 Å². The molecule has 0 aliphatic carbocycles. The zero-order chi connectivity index (χ0) is 18.7. The van der Waals surface area contributed by atoms with Crippen LogP contribution >= 0.6 is 0 Å². The molecule has 3 rings (SSSR count). The van der Waals surface area contributed by atoms with Gasteiger partial charge in [-0.05, 0) is 23.8 Å². The highest BCUT2D eigenvalue weighted by atomic mass is 16.5. The number of nitrogens with zero attached hydrogens (tertiary/aromatic N) is 1. The van der Waals surface area contributed by atoms with E-state index >= 15 is 0 Å². The second-order valence-corrected chi connectivity index (χ2v) is 5.86. The smallest absolute Gasteiger partial charge is 0.307 e. The van der Waals surface area contributed by atoms with Crippen molar-refractivity contribution in [3.8, 4) is 17.4 Å². The van der Waals surface area contributed by atoms with Crippen molar-refractivity contribution in [2.75, 3.05) is 21.3 Å². The third-order valence-electron chi connectivity index (χ3n) is 4.44. The Balaban J connectivity index is 2.13. The molecule has 1 unspecified atom stereocenters. The van der Waals surface area contributed by atoms with E-state index < -0.39 is 6.04 Å². The SMILES string of the molecule is COC(=O)CC(c1ccc(OC)c(OC)c1)n1cc2ccccc2c1O. The fraction of sp³-hybridized carbons (Fsp3) is 0.250. The average molecular weight is 355 g/mol. The standard InChI is InChI=1S/C20H21NO5/c1-24-17-9-8-13(10-18(17)25-2)16(11-19(22)26-3)21-12-14-6-4-5-7-15(14)20(21)23/h4-10,12,16,23H,11H2,1-3H3. The predicted octanol–water partition coefficient (Wildman–Crippen LogP) is 3.52. The van der Waals surface area contributed by atoms with Crippen LogP contribution in [0.5, 0.6) is 17.4 Å². The second-order valence-electron chi connectivity index (χ2n) is 5.86. The quantitative estimate of drug-likeness (QED) is 0.685. The predicted molar refractivity (Wildman–Crippen MR) is 97.9 cm³/mol. The molecule has 1 atom stereocenters. The lowest BCUT2D eigenvalue weighted by Crippen LogP contribution is -2.15. The topological polar surface area (TPSA) is 69.9 Å². The van der Waals surface area contributed by atoms with E-state index in [0.717, 1.165) is 16.3 Å². The van der Waals surface area contributed by atoms with Gasteiger partial charge in [-0.2, -0.15) is 0 Å². The zero-order valence-electron chi connectivity index (χ0n) is 14.9. The first kappa shape index (κ1) is 17.7. The summed E-state index contributed by atoms with van der Waals surface area (Å²) in [5, 5.41) is 12.3. The van der Waals surface area contributed by atoms with Gasteiger partial charge in [0.15, 0.2) is 17.4 Å². The summed E-state index contributed by atoms with van der Waals surface area (Å²) < 4.78 is 17.2. The highest BCUT2D eigenvalue weighted by molar-refractivity contribution is 5.88. The van der Waals surface area contributed by atoms with Crippen LogP contribution in [0.3, 0.4) is 0 Å². The summed E-state index contributed by atoms with van der Waals surface area (Å²) in [6, 6.07) is 12.5. The molecule has 1 aromatic heterocycles. The minimum absolute atomic E-state index is 0.0700. The summed E-state index contributed by atoms with van der Waals surface area (Å²) in [4.78, 5) is 12.0. The third kappa shape index (κ3) is 3.18. The average Bonchev–Trinajstić information content (AvgIpc) is 3.02. The van der Waals surface area contributed by atoms with Crippen molar-refractivity contribution in [1.29, 1.82) is 0 Å². The fourth-order valence-electron chi connectivity index (χ4n) is 3.08. The molecule has 0 aliphatic rings. The molecule has 0 fully saturated rings. The van der Waals surface area contributed by atoms with Crippen LogP contribution in [-0.2, 0) is 9.53 Å². The van der Waals surface area contributed by atoms with E-state index in [2.05, 4.69) is 0 Å². The summed E-state index contributed by atoms with van der Waals surface area (Å²) in [6.45, 7) is 0. The zero-order valence-corrected chi connectivity index (χ0v) is 14.9. The van der Waals surface area contributed by atoms with E-state index in [1.54, 1.807) is 30.9 Å². The molecule has 0 radical (unpaired) electrons. The molecular weight excluding hydrogens is 334 g/mol. The van der Waals surface area contributed by atoms with Gasteiger partial charge in [-0.15, -0.1) is 0 Å². The lowest BCUT2D eigenvalue weighted by atomic mass is 10.0. The number of hydrogen-bond donors (Lipinski definition) is 1. The maximum atomic E-state index is 12.0. The molecule has 1 N–H and O–H groups in total. The summed E-state index contributed by atoms with van der Waals surface area (Å²) >= 11 is 0. The molecule has 3 aromatic rings. The molecule has 6 heteroatoms. The Kier molecular flexibility index (Phi) is 5.02. The number of aromatic hydroxyl groups is 1. The van der Waals surface area contributed by atoms with E-state index in [0.29, 0.717) is 11.5 Å². The molecule has 0 saturated carbocycles. The van der Waals surface area contributed by atoms with Crippen molar-refractivity contribution in [3.63, 3.8) is 0 Å². The maximum absolute atomic E-state index is 12.0. The van der Waals surface area contributed by atoms with E-state index in [1.807, 2.05) is 36.5 Å². The van der Waals surface area contributed by atoms with Gasteiger partial charge in [-0.3, -0.25) is 4.79 Å². The normalized spacial score (nSPS) is 12.0. The van der Waals surface area contributed by atoms with E-state index in [1.165, 1.54) is 7.11 Å². The molecule has 0 saturated heterocycles. The number of methoxy groups -OCH3 is 3. The first-order valence-electron chi connectivity index (χ1n) is 8.16. The Hall–Kier alpha value is -3.15. The number of hydrogen-bond acceptors (Lipinski definition) is 5. The van der Waals surface area contributed by atoms with E-state index in [4.69, 9.17) is 14.2 Å². The third-order valence-corrected chi connectivity index (χ3v) is 4.44. The van der Waals surface area contributed by atoms with Crippen LogP contribution in [0.1, 0.15) is 18.0 Å². The van der Waals surface area contributed by atoms with Gasteiger partial charge < -0.3 is 23.9 Å². The van der Waals surface area contributed by atoms with Crippen molar-refractivity contribution >= 4 is 16.7 Å². The molecule has 0 amide bonds. The number of fused-ring (bicyclic) bond motifs is 1. The van der Waals surface area contributed by atoms with Crippen LogP contribution < -0.4 is 9.47 Å². The van der Waals surface area contributed by atoms with Gasteiger partial charge in [0.25, 0.3) is 0 Å². The summed E-state index contributed by atoms with van der Waals surface area (Å²) in [5.41, 5.74) is 0.795. The van der Waals surface area contributed by atoms with Crippen molar-refractivity contribution < 1.29 is 24.1 Å². The molecular formula is C20H21NO5. The van der Waals surface area contributed by atoms with Crippen LogP contribution in [0.15, 0.2) is 48.7 Å². The number of ether oxygens (including phenoxy) is 3. The minimum atomic E-state index is -0.449. The number of benzene rings is 2. The van der Waals surface area contributed by atoms with Crippen molar-refractivity contribution in [1.82, 2.24) is 4.57 Å². The Bertz CT molecular complexity index is 931. The molecule has 136 valence electrons. The van der Waals surface area contributed by atoms with Gasteiger partial charge in [-0.1, -0.05) is 24.3 Å². The summed E-state index contributed by atoms with van der Waals surface area (Å²) in [5.74, 6) is 0.872. The number of carbonyl (C=O) groups is 1. The summed E-state index contributed by atoms with van der Waals surface area (Å²) in [6.07, 6.45) is 1.90. The highest BCUT2D eigenvalue weighted by Crippen LogP contribution is 2.37. The van der Waals surface area contributed by atoms with Gasteiger partial charge in [0, 0.05) is 17.0 Å². The van der Waals surface area contributed by atoms with Crippen LogP contribution in [0.2, 0.25) is 0 Å². The first-order valence-corrected chi connectivity index (χ1v) is 8.16. The van der Waals surface area contributed by atoms with Crippen molar-refractivity contribution in [2.45, 2.75) is 12.5 Å². The van der Waals surface area contributed by atoms with Gasteiger partial charge in [-0.25, -0.2) is 0 Å². The van der Waals surface area contributed by atoms with Crippen molar-refractivity contribution in [3.05, 3.63) is 54.2 Å². The summed E-state index contributed by atoms with van der Waals surface area (Å²) in [7, 11) is 4.46. The highest BCUT2D eigenvalue weighted by Gasteiger charge is 2.23. The first-order chi connectivity index (χ1) is 12.6. The molecule has 2 aromatic carbocycles.